The van der Waals surface area contributed by atoms with Crippen LogP contribution in [0.25, 0.3) is 5.57 Å². The topological polar surface area (TPSA) is 73.7 Å². The lowest BCUT2D eigenvalue weighted by molar-refractivity contribution is -0.122. The van der Waals surface area contributed by atoms with Gasteiger partial charge in [0.15, 0.2) is 0 Å². The van der Waals surface area contributed by atoms with Crippen molar-refractivity contribution in [3.05, 3.63) is 67.9 Å². The second-order valence-electron chi connectivity index (χ2n) is 7.26. The Kier molecular flexibility index (Phi) is 8.14. The predicted octanol–water partition coefficient (Wildman–Crippen LogP) is 4.75. The number of carboxylic acid groups (broad SMARTS) is 1. The lowest BCUT2D eigenvalue weighted by Gasteiger charge is -2.36. The molecule has 30 heavy (non-hydrogen) atoms. The Morgan fingerprint density at radius 1 is 1.20 bits per heavy atom. The second-order valence-corrected chi connectivity index (χ2v) is 8.54. The van der Waals surface area contributed by atoms with Gasteiger partial charge in [-0.2, -0.15) is 0 Å². The van der Waals surface area contributed by atoms with Gasteiger partial charge < -0.3 is 10.2 Å². The number of carbonyl (C=O) groups is 1. The largest absolute Gasteiger partial charge is 0.483 e. The molecule has 5 nitrogen and oxygen atoms in total. The number of hydrogen-bond donors (Lipinski definition) is 2. The van der Waals surface area contributed by atoms with E-state index < -0.39 is 0 Å². The fraction of sp³-hybridized carbons (Fsp3) is 0.364. The Bertz CT molecular complexity index is 949. The van der Waals surface area contributed by atoms with E-state index in [1.807, 2.05) is 6.07 Å². The summed E-state index contributed by atoms with van der Waals surface area (Å²) in [5.41, 5.74) is 6.20. The van der Waals surface area contributed by atoms with Crippen molar-refractivity contribution in [1.82, 2.24) is 9.88 Å². The van der Waals surface area contributed by atoms with Crippen LogP contribution in [0, 0.1) is 0 Å². The quantitative estimate of drug-likeness (QED) is 0.618. The minimum Gasteiger partial charge on any atom is -0.483 e. The van der Waals surface area contributed by atoms with Crippen molar-refractivity contribution in [1.29, 1.82) is 0 Å². The molecule has 8 heteroatoms. The number of aliphatic hydroxyl groups is 1. The van der Waals surface area contributed by atoms with Crippen molar-refractivity contribution in [3.8, 4) is 0 Å². The first-order chi connectivity index (χ1) is 14.5. The monoisotopic (exact) mass is 468 g/mol. The molecule has 2 N–H and O–H groups in total. The van der Waals surface area contributed by atoms with Crippen molar-refractivity contribution in [2.45, 2.75) is 31.7 Å². The molecule has 0 amide bonds. The highest BCUT2D eigenvalue weighted by Crippen LogP contribution is 2.41. The van der Waals surface area contributed by atoms with E-state index in [0.717, 1.165) is 49.5 Å². The van der Waals surface area contributed by atoms with Gasteiger partial charge in [0.25, 0.3) is 6.47 Å². The Labute approximate surface area is 190 Å². The van der Waals surface area contributed by atoms with Gasteiger partial charge >= 0.3 is 0 Å². The van der Waals surface area contributed by atoms with Gasteiger partial charge in [-0.25, -0.2) is 0 Å². The van der Waals surface area contributed by atoms with E-state index in [2.05, 4.69) is 22.0 Å². The number of aryl methyl sites for hydroxylation is 1. The molecule has 1 unspecified atom stereocenters. The summed E-state index contributed by atoms with van der Waals surface area (Å²) in [7, 11) is 0. The smallest absolute Gasteiger partial charge is 0.290 e. The van der Waals surface area contributed by atoms with E-state index in [9.17, 15) is 5.11 Å². The average Bonchev–Trinajstić information content (AvgIpc) is 3.08. The van der Waals surface area contributed by atoms with Gasteiger partial charge in [0.05, 0.1) is 28.4 Å². The first-order valence-electron chi connectivity index (χ1n) is 9.71. The van der Waals surface area contributed by atoms with Crippen molar-refractivity contribution >= 4 is 46.8 Å². The molecule has 0 radical (unpaired) electrons. The van der Waals surface area contributed by atoms with E-state index >= 15 is 0 Å². The molecular weight excluding hydrogens is 447 g/mol. The molecular formula is C22H23Cl3N2O3. The van der Waals surface area contributed by atoms with E-state index in [-0.39, 0.29) is 19.1 Å². The van der Waals surface area contributed by atoms with Gasteiger partial charge in [0, 0.05) is 17.8 Å². The molecule has 1 aromatic carbocycles. The van der Waals surface area contributed by atoms with E-state index in [4.69, 9.17) is 44.7 Å². The summed E-state index contributed by atoms with van der Waals surface area (Å²) in [6.45, 7) is 1.73. The van der Waals surface area contributed by atoms with E-state index in [0.29, 0.717) is 10.0 Å². The lowest BCUT2D eigenvalue weighted by atomic mass is 9.93. The van der Waals surface area contributed by atoms with E-state index in [1.165, 1.54) is 22.3 Å². The van der Waals surface area contributed by atoms with Gasteiger partial charge in [0.1, 0.15) is 0 Å². The molecule has 1 aromatic heterocycles. The number of rotatable bonds is 5. The zero-order valence-corrected chi connectivity index (χ0v) is 18.6. The zero-order valence-electron chi connectivity index (χ0n) is 16.3. The van der Waals surface area contributed by atoms with Gasteiger partial charge in [-0.1, -0.05) is 40.9 Å². The highest BCUT2D eigenvalue weighted by molar-refractivity contribution is 6.34. The van der Waals surface area contributed by atoms with Crippen molar-refractivity contribution < 1.29 is 15.0 Å². The zero-order chi connectivity index (χ0) is 21.7. The van der Waals surface area contributed by atoms with Crippen LogP contribution in [-0.2, 0) is 17.6 Å². The number of benzene rings is 1. The summed E-state index contributed by atoms with van der Waals surface area (Å²) in [6.07, 6.45) is 5.28. The Morgan fingerprint density at radius 2 is 1.97 bits per heavy atom. The van der Waals surface area contributed by atoms with Gasteiger partial charge in [-0.15, -0.1) is 0 Å². The highest BCUT2D eigenvalue weighted by Gasteiger charge is 2.33. The number of fused-ring (bicyclic) bond motifs is 2. The fourth-order valence-electron chi connectivity index (χ4n) is 4.28. The molecule has 1 aliphatic heterocycles. The van der Waals surface area contributed by atoms with Crippen LogP contribution in [0.2, 0.25) is 15.1 Å². The van der Waals surface area contributed by atoms with Crippen LogP contribution in [0.5, 0.6) is 0 Å². The lowest BCUT2D eigenvalue weighted by Crippen LogP contribution is -2.43. The normalized spacial score (nSPS) is 17.8. The summed E-state index contributed by atoms with van der Waals surface area (Å²) in [6, 6.07) is 7.95. The van der Waals surface area contributed by atoms with Crippen LogP contribution in [0.3, 0.4) is 0 Å². The number of aliphatic hydroxyl groups excluding tert-OH is 1. The van der Waals surface area contributed by atoms with E-state index in [1.54, 1.807) is 12.3 Å². The average molecular weight is 470 g/mol. The van der Waals surface area contributed by atoms with Crippen molar-refractivity contribution in [3.63, 3.8) is 0 Å². The molecule has 1 aliphatic carbocycles. The minimum absolute atomic E-state index is 0.0774. The molecule has 2 aromatic rings. The molecule has 0 fully saturated rings. The predicted molar refractivity (Wildman–Crippen MR) is 120 cm³/mol. The molecule has 0 saturated carbocycles. The summed E-state index contributed by atoms with van der Waals surface area (Å²) in [5, 5.41) is 18.9. The van der Waals surface area contributed by atoms with Crippen LogP contribution in [0.1, 0.15) is 29.7 Å². The maximum Gasteiger partial charge on any atom is 0.290 e. The Morgan fingerprint density at radius 3 is 2.67 bits per heavy atom. The minimum atomic E-state index is -0.250. The third kappa shape index (κ3) is 5.16. The molecule has 4 rings (SSSR count). The summed E-state index contributed by atoms with van der Waals surface area (Å²) in [5.74, 6) is 0. The molecule has 1 atom stereocenters. The van der Waals surface area contributed by atoms with Gasteiger partial charge in [0.2, 0.25) is 0 Å². The Balaban J connectivity index is 0.000000806. The number of hydrogen-bond acceptors (Lipinski definition) is 4. The fourth-order valence-corrected chi connectivity index (χ4v) is 4.93. The number of pyridine rings is 1. The van der Waals surface area contributed by atoms with Crippen molar-refractivity contribution in [2.75, 3.05) is 19.7 Å². The van der Waals surface area contributed by atoms with Crippen LogP contribution in [0.4, 0.5) is 0 Å². The van der Waals surface area contributed by atoms with Crippen molar-refractivity contribution in [2.24, 2.45) is 0 Å². The molecule has 0 bridgehead atoms. The van der Waals surface area contributed by atoms with Gasteiger partial charge in [-0.3, -0.25) is 14.7 Å². The number of halogens is 3. The van der Waals surface area contributed by atoms with Crippen LogP contribution >= 0.6 is 34.8 Å². The van der Waals surface area contributed by atoms with Gasteiger partial charge in [-0.05, 0) is 72.7 Å². The first-order valence-corrected chi connectivity index (χ1v) is 10.8. The van der Waals surface area contributed by atoms with Crippen LogP contribution < -0.4 is 0 Å². The summed E-state index contributed by atoms with van der Waals surface area (Å²) < 4.78 is 0. The van der Waals surface area contributed by atoms with Crippen LogP contribution in [0.15, 0.2) is 36.0 Å². The number of aromatic nitrogens is 1. The highest BCUT2D eigenvalue weighted by atomic mass is 35.5. The summed E-state index contributed by atoms with van der Waals surface area (Å²) in [4.78, 5) is 15.1. The Hall–Kier alpha value is -1.63. The molecule has 0 spiro atoms. The number of nitrogens with zero attached hydrogens (tertiary/aromatic N) is 2. The maximum atomic E-state index is 10.1. The SMILES string of the molecule is O=CO.OCC1C2=C(CCN1CCCc1ncc(Cl)cc1Cl)c1cc(Cl)ccc1C2. The van der Waals surface area contributed by atoms with Crippen LogP contribution in [-0.4, -0.2) is 52.3 Å². The standard InChI is InChI=1S/C21H21Cl3N2O.CH2O2/c22-14-4-3-13-8-18-16(17(13)9-14)5-7-26(21(18)12-27)6-1-2-20-19(24)10-15(23)11-25-20;2-1-3/h3-4,9-11,21,27H,1-2,5-8,12H2;1H,(H,2,3). The molecule has 160 valence electrons. The first kappa shape index (κ1) is 23.0. The molecule has 2 heterocycles. The molecule has 0 saturated heterocycles. The third-order valence-corrected chi connectivity index (χ3v) is 6.34. The maximum absolute atomic E-state index is 10.1. The second kappa shape index (κ2) is 10.6. The molecule has 2 aliphatic rings. The third-order valence-electron chi connectivity index (χ3n) is 5.57. The summed E-state index contributed by atoms with van der Waals surface area (Å²) >= 11 is 18.3.